The molecule has 14 heavy (non-hydrogen) atoms. The summed E-state index contributed by atoms with van der Waals surface area (Å²) in [4.78, 5) is 10.8. The molecule has 0 bridgehead atoms. The van der Waals surface area contributed by atoms with E-state index in [-0.39, 0.29) is 0 Å². The fourth-order valence-corrected chi connectivity index (χ4v) is 1.65. The van der Waals surface area contributed by atoms with E-state index in [0.717, 1.165) is 12.0 Å². The van der Waals surface area contributed by atoms with Crippen molar-refractivity contribution in [3.63, 3.8) is 0 Å². The van der Waals surface area contributed by atoms with Crippen molar-refractivity contribution in [3.05, 3.63) is 39.9 Å². The summed E-state index contributed by atoms with van der Waals surface area (Å²) in [5, 5.41) is 8.86. The first kappa shape index (κ1) is 11.0. The average Bonchev–Trinajstić information content (AvgIpc) is 2.16. The summed E-state index contributed by atoms with van der Waals surface area (Å²) in [6.07, 6.45) is 4.84. The fourth-order valence-electron chi connectivity index (χ4n) is 1.09. The molecule has 0 atom stereocenters. The Morgan fingerprint density at radius 3 is 2.86 bits per heavy atom. The van der Waals surface area contributed by atoms with Crippen LogP contribution in [0.4, 0.5) is 0 Å². The molecule has 0 spiro atoms. The number of halogens is 1. The number of benzene rings is 1. The van der Waals surface area contributed by atoms with Gasteiger partial charge in [0.05, 0.1) is 5.56 Å². The van der Waals surface area contributed by atoms with Crippen LogP contribution >= 0.6 is 15.9 Å². The van der Waals surface area contributed by atoms with Gasteiger partial charge in [-0.05, 0) is 34.0 Å². The Bertz CT molecular complexity index is 370. The number of allylic oxidation sites excluding steroid dienone is 1. The highest BCUT2D eigenvalue weighted by atomic mass is 79.9. The molecule has 0 aliphatic heterocycles. The summed E-state index contributed by atoms with van der Waals surface area (Å²) >= 11 is 3.28. The van der Waals surface area contributed by atoms with Gasteiger partial charge in [0.15, 0.2) is 0 Å². The summed E-state index contributed by atoms with van der Waals surface area (Å²) in [6, 6.07) is 5.20. The van der Waals surface area contributed by atoms with E-state index < -0.39 is 5.97 Å². The van der Waals surface area contributed by atoms with Crippen molar-refractivity contribution >= 4 is 28.0 Å². The van der Waals surface area contributed by atoms with Gasteiger partial charge < -0.3 is 5.11 Å². The van der Waals surface area contributed by atoms with Crippen molar-refractivity contribution in [2.75, 3.05) is 0 Å². The number of hydrogen-bond donors (Lipinski definition) is 1. The van der Waals surface area contributed by atoms with Crippen molar-refractivity contribution in [2.24, 2.45) is 0 Å². The molecular formula is C11H11BrO2. The van der Waals surface area contributed by atoms with Crippen LogP contribution in [0.1, 0.15) is 29.3 Å². The third-order valence-electron chi connectivity index (χ3n) is 1.79. The Balaban J connectivity index is 3.14. The number of carbonyl (C=O) groups is 1. The second-order valence-electron chi connectivity index (χ2n) is 2.82. The molecule has 0 fully saturated rings. The van der Waals surface area contributed by atoms with Crippen LogP contribution in [0.2, 0.25) is 0 Å². The molecule has 74 valence electrons. The van der Waals surface area contributed by atoms with Gasteiger partial charge in [-0.15, -0.1) is 0 Å². The molecule has 1 aromatic rings. The van der Waals surface area contributed by atoms with Crippen LogP contribution in [0.25, 0.3) is 6.08 Å². The minimum absolute atomic E-state index is 0.295. The van der Waals surface area contributed by atoms with Gasteiger partial charge in [0.1, 0.15) is 0 Å². The molecule has 3 heteroatoms. The van der Waals surface area contributed by atoms with Crippen LogP contribution in [0, 0.1) is 0 Å². The number of hydrogen-bond acceptors (Lipinski definition) is 1. The standard InChI is InChI=1S/C11H11BrO2/c1-2-3-5-8-6-4-7-9(10(8)12)11(13)14/h3-7H,2H2,1H3,(H,13,14). The number of carboxylic acids is 1. The maximum atomic E-state index is 10.8. The first-order valence-corrected chi connectivity index (χ1v) is 5.14. The van der Waals surface area contributed by atoms with Crippen molar-refractivity contribution < 1.29 is 9.90 Å². The van der Waals surface area contributed by atoms with Gasteiger partial charge in [0.2, 0.25) is 0 Å². The van der Waals surface area contributed by atoms with Gasteiger partial charge in [-0.2, -0.15) is 0 Å². The molecule has 1 N–H and O–H groups in total. The predicted molar refractivity (Wildman–Crippen MR) is 60.4 cm³/mol. The van der Waals surface area contributed by atoms with Crippen LogP contribution in [0.15, 0.2) is 28.7 Å². The molecule has 0 unspecified atom stereocenters. The summed E-state index contributed by atoms with van der Waals surface area (Å²) in [5.41, 5.74) is 1.19. The molecule has 0 aliphatic rings. The van der Waals surface area contributed by atoms with Gasteiger partial charge in [0.25, 0.3) is 0 Å². The van der Waals surface area contributed by atoms with Crippen LogP contribution in [0.5, 0.6) is 0 Å². The van der Waals surface area contributed by atoms with Crippen LogP contribution in [0.3, 0.4) is 0 Å². The highest BCUT2D eigenvalue weighted by molar-refractivity contribution is 9.10. The van der Waals surface area contributed by atoms with Gasteiger partial charge in [-0.1, -0.05) is 31.2 Å². The quantitative estimate of drug-likeness (QED) is 0.896. The normalized spacial score (nSPS) is 10.7. The zero-order valence-electron chi connectivity index (χ0n) is 7.83. The first-order chi connectivity index (χ1) is 6.66. The smallest absolute Gasteiger partial charge is 0.336 e. The van der Waals surface area contributed by atoms with E-state index in [4.69, 9.17) is 5.11 Å². The molecule has 0 amide bonds. The summed E-state index contributed by atoms with van der Waals surface area (Å²) in [5.74, 6) is -0.913. The van der Waals surface area contributed by atoms with Gasteiger partial charge in [-0.3, -0.25) is 0 Å². The molecular weight excluding hydrogens is 244 g/mol. The Hall–Kier alpha value is -1.09. The monoisotopic (exact) mass is 254 g/mol. The molecule has 0 saturated carbocycles. The molecule has 0 saturated heterocycles. The third kappa shape index (κ3) is 2.45. The topological polar surface area (TPSA) is 37.3 Å². The molecule has 1 aromatic carbocycles. The maximum absolute atomic E-state index is 10.8. The lowest BCUT2D eigenvalue weighted by atomic mass is 10.1. The number of aromatic carboxylic acids is 1. The van der Waals surface area contributed by atoms with Crippen LogP contribution in [-0.2, 0) is 0 Å². The van der Waals surface area contributed by atoms with E-state index in [1.54, 1.807) is 12.1 Å². The summed E-state index contributed by atoms with van der Waals surface area (Å²) in [7, 11) is 0. The van der Waals surface area contributed by atoms with Crippen molar-refractivity contribution in [2.45, 2.75) is 13.3 Å². The van der Waals surface area contributed by atoms with Crippen molar-refractivity contribution in [3.8, 4) is 0 Å². The number of carboxylic acid groups (broad SMARTS) is 1. The van der Waals surface area contributed by atoms with E-state index in [0.29, 0.717) is 10.0 Å². The lowest BCUT2D eigenvalue weighted by Crippen LogP contribution is -1.98. The molecule has 0 radical (unpaired) electrons. The maximum Gasteiger partial charge on any atom is 0.336 e. The van der Waals surface area contributed by atoms with Crippen LogP contribution in [-0.4, -0.2) is 11.1 Å². The van der Waals surface area contributed by atoms with Gasteiger partial charge in [0, 0.05) is 4.47 Å². The molecule has 1 rings (SSSR count). The fraction of sp³-hybridized carbons (Fsp3) is 0.182. The van der Waals surface area contributed by atoms with E-state index in [2.05, 4.69) is 15.9 Å². The third-order valence-corrected chi connectivity index (χ3v) is 2.68. The minimum atomic E-state index is -0.913. The zero-order valence-corrected chi connectivity index (χ0v) is 9.41. The van der Waals surface area contributed by atoms with E-state index in [9.17, 15) is 4.79 Å². The van der Waals surface area contributed by atoms with E-state index in [1.807, 2.05) is 25.1 Å². The molecule has 0 aliphatic carbocycles. The largest absolute Gasteiger partial charge is 0.478 e. The van der Waals surface area contributed by atoms with E-state index in [1.165, 1.54) is 0 Å². The SMILES string of the molecule is CCC=Cc1cccc(C(=O)O)c1Br. The molecule has 0 aromatic heterocycles. The predicted octanol–water partition coefficient (Wildman–Crippen LogP) is 3.57. The lowest BCUT2D eigenvalue weighted by Gasteiger charge is -2.02. The van der Waals surface area contributed by atoms with Gasteiger partial charge >= 0.3 is 5.97 Å². The van der Waals surface area contributed by atoms with Gasteiger partial charge in [-0.25, -0.2) is 4.79 Å². The van der Waals surface area contributed by atoms with E-state index >= 15 is 0 Å². The minimum Gasteiger partial charge on any atom is -0.478 e. The second-order valence-corrected chi connectivity index (χ2v) is 3.62. The van der Waals surface area contributed by atoms with Crippen molar-refractivity contribution in [1.82, 2.24) is 0 Å². The lowest BCUT2D eigenvalue weighted by molar-refractivity contribution is 0.0696. The van der Waals surface area contributed by atoms with Crippen LogP contribution < -0.4 is 0 Å². The molecule has 2 nitrogen and oxygen atoms in total. The van der Waals surface area contributed by atoms with Crippen molar-refractivity contribution in [1.29, 1.82) is 0 Å². The summed E-state index contributed by atoms with van der Waals surface area (Å²) in [6.45, 7) is 2.03. The Kier molecular flexibility index (Phi) is 3.89. The average molecular weight is 255 g/mol. The second kappa shape index (κ2) is 4.96. The zero-order chi connectivity index (χ0) is 10.6. The summed E-state index contributed by atoms with van der Waals surface area (Å²) < 4.78 is 0.636. The number of rotatable bonds is 3. The Labute approximate surface area is 91.4 Å². The highest BCUT2D eigenvalue weighted by Gasteiger charge is 2.09. The first-order valence-electron chi connectivity index (χ1n) is 4.35. The molecule has 0 heterocycles. The Morgan fingerprint density at radius 2 is 2.29 bits per heavy atom. The highest BCUT2D eigenvalue weighted by Crippen LogP contribution is 2.23. The Morgan fingerprint density at radius 1 is 1.57 bits per heavy atom.